The standard InChI is InChI=1S/C16H26O6/c1-17-7-9-19-11-13-21-15-5-3-4-6-16(15)22-14-12-20-10-8-18-2/h3-6H,7-14H2,1-2H3. The molecule has 0 saturated heterocycles. The quantitative estimate of drug-likeness (QED) is 0.488. The maximum atomic E-state index is 5.66. The smallest absolute Gasteiger partial charge is 0.161 e. The third-order valence-corrected chi connectivity index (χ3v) is 2.68. The van der Waals surface area contributed by atoms with Crippen molar-refractivity contribution in [2.75, 3.05) is 67.1 Å². The normalized spacial score (nSPS) is 10.6. The number of benzene rings is 1. The van der Waals surface area contributed by atoms with Gasteiger partial charge in [-0.05, 0) is 12.1 Å². The minimum Gasteiger partial charge on any atom is -0.487 e. The molecule has 0 aliphatic rings. The van der Waals surface area contributed by atoms with Crippen LogP contribution in [0.25, 0.3) is 0 Å². The molecule has 0 bridgehead atoms. The van der Waals surface area contributed by atoms with Crippen LogP contribution in [-0.4, -0.2) is 67.1 Å². The van der Waals surface area contributed by atoms with Gasteiger partial charge in [-0.15, -0.1) is 0 Å². The SMILES string of the molecule is COCCOCCOc1ccccc1OCCOCCOC. The molecule has 0 unspecified atom stereocenters. The molecule has 22 heavy (non-hydrogen) atoms. The highest BCUT2D eigenvalue weighted by molar-refractivity contribution is 5.39. The minimum atomic E-state index is 0.467. The van der Waals surface area contributed by atoms with Gasteiger partial charge in [0, 0.05) is 14.2 Å². The number of ether oxygens (including phenoxy) is 6. The zero-order chi connectivity index (χ0) is 15.9. The van der Waals surface area contributed by atoms with Gasteiger partial charge in [0.15, 0.2) is 11.5 Å². The lowest BCUT2D eigenvalue weighted by Gasteiger charge is -2.13. The van der Waals surface area contributed by atoms with Crippen molar-refractivity contribution in [2.45, 2.75) is 0 Å². The van der Waals surface area contributed by atoms with Gasteiger partial charge in [-0.3, -0.25) is 0 Å². The van der Waals surface area contributed by atoms with E-state index >= 15 is 0 Å². The molecular weight excluding hydrogens is 288 g/mol. The molecule has 1 rings (SSSR count). The van der Waals surface area contributed by atoms with Gasteiger partial charge in [-0.25, -0.2) is 0 Å². The van der Waals surface area contributed by atoms with E-state index in [1.54, 1.807) is 14.2 Å². The summed E-state index contributed by atoms with van der Waals surface area (Å²) in [5.41, 5.74) is 0. The number of methoxy groups -OCH3 is 2. The first-order valence-corrected chi connectivity index (χ1v) is 7.36. The summed E-state index contributed by atoms with van der Waals surface area (Å²) in [5, 5.41) is 0. The monoisotopic (exact) mass is 314 g/mol. The lowest BCUT2D eigenvalue weighted by Crippen LogP contribution is -2.12. The van der Waals surface area contributed by atoms with Crippen LogP contribution in [0.5, 0.6) is 11.5 Å². The maximum absolute atomic E-state index is 5.66. The van der Waals surface area contributed by atoms with Crippen molar-refractivity contribution in [2.24, 2.45) is 0 Å². The Morgan fingerprint density at radius 1 is 0.591 bits per heavy atom. The van der Waals surface area contributed by atoms with E-state index in [9.17, 15) is 0 Å². The summed E-state index contributed by atoms with van der Waals surface area (Å²) in [7, 11) is 3.29. The van der Waals surface area contributed by atoms with E-state index in [-0.39, 0.29) is 0 Å². The fraction of sp³-hybridized carbons (Fsp3) is 0.625. The fourth-order valence-corrected chi connectivity index (χ4v) is 1.60. The van der Waals surface area contributed by atoms with E-state index in [0.717, 1.165) is 0 Å². The van der Waals surface area contributed by atoms with Crippen LogP contribution in [0.2, 0.25) is 0 Å². The van der Waals surface area contributed by atoms with Crippen molar-refractivity contribution >= 4 is 0 Å². The molecule has 0 aliphatic carbocycles. The van der Waals surface area contributed by atoms with Gasteiger partial charge in [0.05, 0.1) is 39.6 Å². The van der Waals surface area contributed by atoms with E-state index in [1.807, 2.05) is 24.3 Å². The summed E-state index contributed by atoms with van der Waals surface area (Å²) in [4.78, 5) is 0. The Labute approximate surface area is 132 Å². The Balaban J connectivity index is 2.20. The second kappa shape index (κ2) is 13.3. The zero-order valence-electron chi connectivity index (χ0n) is 13.4. The summed E-state index contributed by atoms with van der Waals surface area (Å²) in [5.74, 6) is 1.41. The summed E-state index contributed by atoms with van der Waals surface area (Å²) in [6, 6.07) is 7.55. The van der Waals surface area contributed by atoms with Crippen LogP contribution in [0.4, 0.5) is 0 Å². The minimum absolute atomic E-state index is 0.467. The van der Waals surface area contributed by atoms with Crippen molar-refractivity contribution < 1.29 is 28.4 Å². The molecule has 0 heterocycles. The molecule has 126 valence electrons. The molecule has 0 aromatic heterocycles. The number of hydrogen-bond donors (Lipinski definition) is 0. The van der Waals surface area contributed by atoms with Crippen molar-refractivity contribution in [3.8, 4) is 11.5 Å². The van der Waals surface area contributed by atoms with Crippen molar-refractivity contribution in [1.82, 2.24) is 0 Å². The van der Waals surface area contributed by atoms with E-state index < -0.39 is 0 Å². The lowest BCUT2D eigenvalue weighted by atomic mass is 10.3. The van der Waals surface area contributed by atoms with E-state index in [0.29, 0.717) is 64.4 Å². The van der Waals surface area contributed by atoms with Gasteiger partial charge in [0.2, 0.25) is 0 Å². The third-order valence-electron chi connectivity index (χ3n) is 2.68. The second-order valence-corrected chi connectivity index (χ2v) is 4.35. The molecule has 6 nitrogen and oxygen atoms in total. The van der Waals surface area contributed by atoms with Crippen LogP contribution >= 0.6 is 0 Å². The van der Waals surface area contributed by atoms with Gasteiger partial charge >= 0.3 is 0 Å². The third kappa shape index (κ3) is 8.84. The number of rotatable bonds is 14. The van der Waals surface area contributed by atoms with E-state index in [1.165, 1.54) is 0 Å². The Morgan fingerprint density at radius 2 is 1.00 bits per heavy atom. The molecule has 0 spiro atoms. The molecule has 0 saturated carbocycles. The molecule has 1 aromatic rings. The van der Waals surface area contributed by atoms with E-state index in [2.05, 4.69) is 0 Å². The van der Waals surface area contributed by atoms with Crippen LogP contribution in [0, 0.1) is 0 Å². The summed E-state index contributed by atoms with van der Waals surface area (Å²) in [6.45, 7) is 4.26. The van der Waals surface area contributed by atoms with Crippen LogP contribution in [0.3, 0.4) is 0 Å². The molecular formula is C16H26O6. The summed E-state index contributed by atoms with van der Waals surface area (Å²) in [6.07, 6.45) is 0. The molecule has 0 amide bonds. The predicted molar refractivity (Wildman–Crippen MR) is 82.8 cm³/mol. The Hall–Kier alpha value is -1.34. The first-order valence-electron chi connectivity index (χ1n) is 7.36. The van der Waals surface area contributed by atoms with Gasteiger partial charge < -0.3 is 28.4 Å². The highest BCUT2D eigenvalue weighted by atomic mass is 16.6. The average Bonchev–Trinajstić information content (AvgIpc) is 2.55. The van der Waals surface area contributed by atoms with Gasteiger partial charge in [-0.1, -0.05) is 12.1 Å². The molecule has 0 N–H and O–H groups in total. The Bertz CT molecular complexity index is 336. The maximum Gasteiger partial charge on any atom is 0.161 e. The van der Waals surface area contributed by atoms with Gasteiger partial charge in [0.1, 0.15) is 13.2 Å². The molecule has 1 aromatic carbocycles. The molecule has 0 atom stereocenters. The zero-order valence-corrected chi connectivity index (χ0v) is 13.4. The van der Waals surface area contributed by atoms with Gasteiger partial charge in [-0.2, -0.15) is 0 Å². The Kier molecular flexibility index (Phi) is 11.3. The molecule has 0 radical (unpaired) electrons. The van der Waals surface area contributed by atoms with Gasteiger partial charge in [0.25, 0.3) is 0 Å². The molecule has 0 aliphatic heterocycles. The summed E-state index contributed by atoms with van der Waals surface area (Å²) < 4.78 is 31.8. The highest BCUT2D eigenvalue weighted by Gasteiger charge is 2.04. The summed E-state index contributed by atoms with van der Waals surface area (Å²) >= 11 is 0. The predicted octanol–water partition coefficient (Wildman–Crippen LogP) is 1.77. The molecule has 0 fully saturated rings. The first kappa shape index (κ1) is 18.7. The average molecular weight is 314 g/mol. The van der Waals surface area contributed by atoms with Crippen molar-refractivity contribution in [3.05, 3.63) is 24.3 Å². The van der Waals surface area contributed by atoms with Crippen molar-refractivity contribution in [3.63, 3.8) is 0 Å². The first-order chi connectivity index (χ1) is 10.9. The molecule has 6 heteroatoms. The van der Waals surface area contributed by atoms with Crippen LogP contribution in [0.15, 0.2) is 24.3 Å². The van der Waals surface area contributed by atoms with Crippen LogP contribution < -0.4 is 9.47 Å². The highest BCUT2D eigenvalue weighted by Crippen LogP contribution is 2.26. The number of para-hydroxylation sites is 2. The topological polar surface area (TPSA) is 55.4 Å². The van der Waals surface area contributed by atoms with Crippen LogP contribution in [0.1, 0.15) is 0 Å². The Morgan fingerprint density at radius 3 is 1.41 bits per heavy atom. The lowest BCUT2D eigenvalue weighted by molar-refractivity contribution is 0.0498. The van der Waals surface area contributed by atoms with Crippen LogP contribution in [-0.2, 0) is 18.9 Å². The van der Waals surface area contributed by atoms with E-state index in [4.69, 9.17) is 28.4 Å². The van der Waals surface area contributed by atoms with Crippen molar-refractivity contribution in [1.29, 1.82) is 0 Å². The largest absolute Gasteiger partial charge is 0.487 e. The number of hydrogen-bond acceptors (Lipinski definition) is 6. The second-order valence-electron chi connectivity index (χ2n) is 4.35. The fourth-order valence-electron chi connectivity index (χ4n) is 1.60.